The Labute approximate surface area is 322 Å². The van der Waals surface area contributed by atoms with Crippen LogP contribution in [0.25, 0.3) is 11.1 Å². The highest BCUT2D eigenvalue weighted by Gasteiger charge is 2.55. The Bertz CT molecular complexity index is 1710. The standard InChI is InChI=1S/C35H56N2O13Si4/c1-21-25(32(38)43-2)26(22-18-16-17-19-24(22)37(41)42)27(33(39)44-3)23(36-21)20-45-35-31(49-53(10,11)12)29(48-52(7,8)9)28(47-51(4,5)6)30(46-35)34(40)50-54(13,14)15/h16-19,28-31,35H,20H2,1-15H3/t28-,29-,30-,31+,35+/m0/s1. The molecule has 54 heavy (non-hydrogen) atoms. The monoisotopic (exact) mass is 824 g/mol. The first kappa shape index (κ1) is 45.2. The number of rotatable bonds is 15. The van der Waals surface area contributed by atoms with Crippen molar-refractivity contribution in [3.63, 3.8) is 0 Å². The van der Waals surface area contributed by atoms with Crippen LogP contribution in [0.1, 0.15) is 32.1 Å². The maximum Gasteiger partial charge on any atom is 0.340 e. The van der Waals surface area contributed by atoms with Crippen molar-refractivity contribution < 1.29 is 56.0 Å². The van der Waals surface area contributed by atoms with Gasteiger partial charge in [0.1, 0.15) is 18.3 Å². The topological polar surface area (TPSA) is 181 Å². The summed E-state index contributed by atoms with van der Waals surface area (Å²) >= 11 is 0. The van der Waals surface area contributed by atoms with Crippen LogP contribution in [0.2, 0.25) is 78.6 Å². The van der Waals surface area contributed by atoms with E-state index in [1.54, 1.807) is 6.07 Å². The highest BCUT2D eigenvalue weighted by atomic mass is 28.4. The molecule has 0 saturated carbocycles. The highest BCUT2D eigenvalue weighted by Crippen LogP contribution is 2.39. The van der Waals surface area contributed by atoms with Crippen molar-refractivity contribution in [3.8, 4) is 11.1 Å². The Morgan fingerprint density at radius 2 is 1.26 bits per heavy atom. The number of nitro benzene ring substituents is 1. The Balaban J connectivity index is 2.33. The molecule has 300 valence electrons. The predicted octanol–water partition coefficient (Wildman–Crippen LogP) is 6.82. The minimum Gasteiger partial charge on any atom is -0.518 e. The maximum absolute atomic E-state index is 14.0. The molecular formula is C35H56N2O13Si4. The van der Waals surface area contributed by atoms with E-state index in [1.165, 1.54) is 25.1 Å². The molecule has 15 nitrogen and oxygen atoms in total. The molecule has 0 spiro atoms. The van der Waals surface area contributed by atoms with Crippen molar-refractivity contribution in [2.75, 3.05) is 14.2 Å². The number of nitro groups is 1. The lowest BCUT2D eigenvalue weighted by Crippen LogP contribution is -2.67. The van der Waals surface area contributed by atoms with Crippen LogP contribution in [-0.4, -0.2) is 106 Å². The minimum atomic E-state index is -2.43. The van der Waals surface area contributed by atoms with Gasteiger partial charge in [-0.2, -0.15) is 0 Å². The summed E-state index contributed by atoms with van der Waals surface area (Å²) in [5, 5.41) is 12.2. The minimum absolute atomic E-state index is 0.0140. The summed E-state index contributed by atoms with van der Waals surface area (Å²) in [6.07, 6.45) is -5.18. The number of ether oxygens (including phenoxy) is 4. The smallest absolute Gasteiger partial charge is 0.340 e. The van der Waals surface area contributed by atoms with Gasteiger partial charge in [-0.15, -0.1) is 0 Å². The van der Waals surface area contributed by atoms with Gasteiger partial charge in [0.15, 0.2) is 37.3 Å². The van der Waals surface area contributed by atoms with E-state index in [9.17, 15) is 24.5 Å². The molecule has 1 saturated heterocycles. The number of esters is 2. The van der Waals surface area contributed by atoms with Gasteiger partial charge in [0.25, 0.3) is 5.69 Å². The molecule has 0 amide bonds. The van der Waals surface area contributed by atoms with Crippen LogP contribution in [0.4, 0.5) is 5.69 Å². The summed E-state index contributed by atoms with van der Waals surface area (Å²) in [7, 11) is -7.28. The van der Waals surface area contributed by atoms with Gasteiger partial charge in [0.2, 0.25) is 8.32 Å². The van der Waals surface area contributed by atoms with Gasteiger partial charge in [-0.25, -0.2) is 9.59 Å². The molecule has 1 aromatic carbocycles. The number of aryl methyl sites for hydroxylation is 1. The zero-order valence-electron chi connectivity index (χ0n) is 34.1. The lowest BCUT2D eigenvalue weighted by molar-refractivity contribution is -0.384. The van der Waals surface area contributed by atoms with E-state index in [1.807, 2.05) is 78.6 Å². The fourth-order valence-corrected chi connectivity index (χ4v) is 9.87. The van der Waals surface area contributed by atoms with E-state index in [2.05, 4.69) is 4.98 Å². The number of carbonyl (C=O) groups is 3. The zero-order chi connectivity index (χ0) is 41.1. The van der Waals surface area contributed by atoms with Crippen LogP contribution in [0, 0.1) is 17.0 Å². The van der Waals surface area contributed by atoms with E-state index in [0.29, 0.717) is 0 Å². The molecule has 1 aliphatic rings. The lowest BCUT2D eigenvalue weighted by Gasteiger charge is -2.50. The molecule has 1 aliphatic heterocycles. The molecule has 19 heteroatoms. The fraction of sp³-hybridized carbons (Fsp3) is 0.600. The average Bonchev–Trinajstić information content (AvgIpc) is 3.02. The van der Waals surface area contributed by atoms with Crippen molar-refractivity contribution in [1.29, 1.82) is 0 Å². The van der Waals surface area contributed by atoms with Crippen LogP contribution in [0.15, 0.2) is 24.3 Å². The largest absolute Gasteiger partial charge is 0.518 e. The number of aromatic nitrogens is 1. The summed E-state index contributed by atoms with van der Waals surface area (Å²) in [6.45, 7) is 24.8. The fourth-order valence-electron chi connectivity index (χ4n) is 5.92. The van der Waals surface area contributed by atoms with Gasteiger partial charge in [0.05, 0.1) is 53.8 Å². The Kier molecular flexibility index (Phi) is 14.5. The normalized spacial score (nSPS) is 21.0. The van der Waals surface area contributed by atoms with Gasteiger partial charge in [-0.1, -0.05) is 12.1 Å². The third-order valence-corrected chi connectivity index (χ3v) is 11.3. The molecule has 3 rings (SSSR count). The Hall–Kier alpha value is -3.15. The van der Waals surface area contributed by atoms with Crippen molar-refractivity contribution in [3.05, 3.63) is 56.9 Å². The number of nitrogens with zero attached hydrogens (tertiary/aromatic N) is 2. The quantitative estimate of drug-likeness (QED) is 0.0790. The highest BCUT2D eigenvalue weighted by molar-refractivity contribution is 6.71. The van der Waals surface area contributed by atoms with Crippen molar-refractivity contribution >= 4 is 56.9 Å². The van der Waals surface area contributed by atoms with Crippen LogP contribution in [-0.2, 0) is 48.1 Å². The van der Waals surface area contributed by atoms with Gasteiger partial charge in [-0.05, 0) is 91.6 Å². The molecule has 1 aromatic heterocycles. The van der Waals surface area contributed by atoms with Crippen LogP contribution < -0.4 is 0 Å². The van der Waals surface area contributed by atoms with Gasteiger partial charge in [0, 0.05) is 11.6 Å². The van der Waals surface area contributed by atoms with Crippen LogP contribution >= 0.6 is 0 Å². The zero-order valence-corrected chi connectivity index (χ0v) is 38.1. The van der Waals surface area contributed by atoms with Crippen LogP contribution in [0.3, 0.4) is 0 Å². The molecular weight excluding hydrogens is 769 g/mol. The molecule has 1 fully saturated rings. The molecule has 0 radical (unpaired) electrons. The van der Waals surface area contributed by atoms with E-state index in [-0.39, 0.29) is 39.3 Å². The number of hydrogen-bond acceptors (Lipinski definition) is 14. The number of carbonyl (C=O) groups excluding carboxylic acids is 3. The molecule has 5 atom stereocenters. The second kappa shape index (κ2) is 17.3. The molecule has 0 aliphatic carbocycles. The first-order valence-corrected chi connectivity index (χ1v) is 31.3. The molecule has 2 heterocycles. The third kappa shape index (κ3) is 11.9. The Morgan fingerprint density at radius 1 is 0.759 bits per heavy atom. The first-order valence-electron chi connectivity index (χ1n) is 17.6. The number of hydrogen-bond donors (Lipinski definition) is 0. The predicted molar refractivity (Wildman–Crippen MR) is 211 cm³/mol. The van der Waals surface area contributed by atoms with E-state index in [4.69, 9.17) is 36.7 Å². The van der Waals surface area contributed by atoms with E-state index < -0.39 is 93.4 Å². The summed E-state index contributed by atoms with van der Waals surface area (Å²) in [5.74, 6) is -2.42. The Morgan fingerprint density at radius 3 is 1.76 bits per heavy atom. The SMILES string of the molecule is COC(=O)c1c(C)nc(CO[C@@H]2O[C@H](C(=O)O[Si](C)(C)C)[C@@H](O[Si](C)(C)C)[C@H](O[Si](C)(C)C)[C@H]2O[Si](C)(C)C)c(C(=O)OC)c1-c1ccccc1[N+](=O)[O-]. The first-order chi connectivity index (χ1) is 24.7. The van der Waals surface area contributed by atoms with E-state index >= 15 is 0 Å². The number of methoxy groups -OCH3 is 2. The van der Waals surface area contributed by atoms with Gasteiger partial charge >= 0.3 is 17.9 Å². The summed E-state index contributed by atoms with van der Waals surface area (Å²) in [5.41, 5.74) is -0.817. The third-order valence-electron chi connectivity index (χ3n) is 7.59. The number of benzene rings is 1. The number of para-hydroxylation sites is 1. The van der Waals surface area contributed by atoms with Crippen LogP contribution in [0.5, 0.6) is 0 Å². The molecule has 0 bridgehead atoms. The van der Waals surface area contributed by atoms with Gasteiger partial charge in [-0.3, -0.25) is 19.9 Å². The van der Waals surface area contributed by atoms with Crippen molar-refractivity contribution in [2.24, 2.45) is 0 Å². The second-order valence-corrected chi connectivity index (χ2v) is 34.7. The van der Waals surface area contributed by atoms with Crippen molar-refractivity contribution in [2.45, 2.75) is 123 Å². The summed E-state index contributed by atoms with van der Waals surface area (Å²) in [4.78, 5) is 57.1. The summed E-state index contributed by atoms with van der Waals surface area (Å²) < 4.78 is 49.5. The number of pyridine rings is 1. The maximum atomic E-state index is 14.0. The second-order valence-electron chi connectivity index (χ2n) is 16.9. The molecule has 0 unspecified atom stereocenters. The van der Waals surface area contributed by atoms with Crippen molar-refractivity contribution in [1.82, 2.24) is 4.98 Å². The molecule has 2 aromatic rings. The summed E-state index contributed by atoms with van der Waals surface area (Å²) in [6, 6.07) is 5.69. The molecule has 0 N–H and O–H groups in total. The van der Waals surface area contributed by atoms with E-state index in [0.717, 1.165) is 14.2 Å². The average molecular weight is 825 g/mol. The van der Waals surface area contributed by atoms with Gasteiger partial charge < -0.3 is 36.7 Å². The lowest BCUT2D eigenvalue weighted by atomic mass is 9.91.